The first-order valence-electron chi connectivity index (χ1n) is 13.4. The van der Waals surface area contributed by atoms with Crippen LogP contribution in [0.25, 0.3) is 10.8 Å². The number of hydrogen-bond acceptors (Lipinski definition) is 5. The fourth-order valence-electron chi connectivity index (χ4n) is 4.29. The van der Waals surface area contributed by atoms with Crippen LogP contribution in [0.4, 0.5) is 15.3 Å². The SMILES string of the molecule is CCC[n+]1cc(Br)cc(C(=O)NCC(OC(=O)NC(C)OC(=O)Nc2cccc3ccccc23)c2ccc(I)cc2)c1.[Cl-]. The van der Waals surface area contributed by atoms with E-state index in [1.54, 1.807) is 18.3 Å². The van der Waals surface area contributed by atoms with Crippen molar-refractivity contribution in [3.05, 3.63) is 104 Å². The lowest BCUT2D eigenvalue weighted by Crippen LogP contribution is -3.00. The van der Waals surface area contributed by atoms with E-state index in [0.29, 0.717) is 16.8 Å². The monoisotopic (exact) mass is 780 g/mol. The number of rotatable bonds is 10. The first-order chi connectivity index (χ1) is 20.2. The Morgan fingerprint density at radius 2 is 1.67 bits per heavy atom. The first kappa shape index (κ1) is 34.1. The highest BCUT2D eigenvalue weighted by atomic mass is 127. The highest BCUT2D eigenvalue weighted by Crippen LogP contribution is 2.23. The number of aryl methyl sites for hydroxylation is 1. The lowest BCUT2D eigenvalue weighted by molar-refractivity contribution is -0.697. The molecule has 0 spiro atoms. The molecule has 4 aromatic rings. The second kappa shape index (κ2) is 16.4. The molecule has 0 bridgehead atoms. The maximum Gasteiger partial charge on any atom is 0.413 e. The van der Waals surface area contributed by atoms with Gasteiger partial charge in [-0.3, -0.25) is 15.4 Å². The van der Waals surface area contributed by atoms with Crippen molar-refractivity contribution in [1.29, 1.82) is 0 Å². The van der Waals surface area contributed by atoms with Crippen molar-refractivity contribution < 1.29 is 40.8 Å². The molecule has 0 fully saturated rings. The van der Waals surface area contributed by atoms with E-state index in [4.69, 9.17) is 9.47 Å². The van der Waals surface area contributed by atoms with Crippen LogP contribution in [0.5, 0.6) is 0 Å². The molecule has 0 saturated heterocycles. The van der Waals surface area contributed by atoms with Gasteiger partial charge in [-0.25, -0.2) is 14.2 Å². The number of amides is 3. The number of nitrogens with one attached hydrogen (secondary N) is 3. The van der Waals surface area contributed by atoms with Gasteiger partial charge in [-0.05, 0) is 80.7 Å². The van der Waals surface area contributed by atoms with Gasteiger partial charge < -0.3 is 27.2 Å². The van der Waals surface area contributed by atoms with Gasteiger partial charge >= 0.3 is 12.2 Å². The van der Waals surface area contributed by atoms with Gasteiger partial charge in [-0.1, -0.05) is 55.5 Å². The molecule has 226 valence electrons. The number of nitrogens with zero attached hydrogens (tertiary/aromatic N) is 1. The van der Waals surface area contributed by atoms with Gasteiger partial charge in [-0.15, -0.1) is 0 Å². The molecule has 4 rings (SSSR count). The Kier molecular flexibility index (Phi) is 13.0. The van der Waals surface area contributed by atoms with E-state index in [0.717, 1.165) is 31.8 Å². The van der Waals surface area contributed by atoms with Crippen LogP contribution in [0.3, 0.4) is 0 Å². The number of hydrogen-bond donors (Lipinski definition) is 3. The topological polar surface area (TPSA) is 110 Å². The van der Waals surface area contributed by atoms with Crippen LogP contribution >= 0.6 is 38.5 Å². The molecular formula is C31H31BrClIN4O5. The Hall–Kier alpha value is -3.42. The van der Waals surface area contributed by atoms with E-state index in [1.807, 2.05) is 71.4 Å². The molecule has 1 aromatic heterocycles. The van der Waals surface area contributed by atoms with Gasteiger partial charge in [0.25, 0.3) is 5.91 Å². The smallest absolute Gasteiger partial charge is 0.413 e. The van der Waals surface area contributed by atoms with Crippen molar-refractivity contribution in [3.63, 3.8) is 0 Å². The molecule has 0 aliphatic rings. The van der Waals surface area contributed by atoms with E-state index in [1.165, 1.54) is 6.92 Å². The zero-order valence-electron chi connectivity index (χ0n) is 23.5. The number of pyridine rings is 1. The van der Waals surface area contributed by atoms with Gasteiger partial charge in [0, 0.05) is 15.4 Å². The maximum absolute atomic E-state index is 13.0. The van der Waals surface area contributed by atoms with E-state index in [9.17, 15) is 14.4 Å². The standard InChI is InChI=1S/C31H30BrIN4O5.ClH/c1-3-15-37-18-23(16-24(32)19-37)29(38)34-17-28(22-11-13-25(33)14-12-22)42-30(39)35-20(2)41-31(40)36-27-10-6-8-21-7-4-5-9-26(21)27;/h4-14,16,18-20,28H,3,15,17H2,1-2H3,(H2-,34,35,36,38,39,40);1H. The fraction of sp³-hybridized carbons (Fsp3) is 0.226. The molecule has 0 radical (unpaired) electrons. The quantitative estimate of drug-likeness (QED) is 0.129. The summed E-state index contributed by atoms with van der Waals surface area (Å²) in [6.45, 7) is 4.38. The van der Waals surface area contributed by atoms with E-state index in [-0.39, 0.29) is 24.9 Å². The number of alkyl carbamates (subject to hydrolysis) is 1. The second-order valence-electron chi connectivity index (χ2n) is 9.48. The van der Waals surface area contributed by atoms with Crippen LogP contribution in [-0.4, -0.2) is 30.9 Å². The van der Waals surface area contributed by atoms with Crippen molar-refractivity contribution in [2.24, 2.45) is 0 Å². The maximum atomic E-state index is 13.0. The summed E-state index contributed by atoms with van der Waals surface area (Å²) in [5, 5.41) is 9.94. The van der Waals surface area contributed by atoms with Crippen LogP contribution in [0.1, 0.15) is 42.3 Å². The molecule has 3 aromatic carbocycles. The summed E-state index contributed by atoms with van der Waals surface area (Å²) >= 11 is 5.64. The zero-order valence-corrected chi connectivity index (χ0v) is 28.0. The van der Waals surface area contributed by atoms with Gasteiger partial charge in [0.15, 0.2) is 18.6 Å². The van der Waals surface area contributed by atoms with Crippen LogP contribution in [0.15, 0.2) is 89.7 Å². The summed E-state index contributed by atoms with van der Waals surface area (Å²) < 4.78 is 14.8. The number of carbonyl (C=O) groups excluding carboxylic acids is 3. The summed E-state index contributed by atoms with van der Waals surface area (Å²) in [4.78, 5) is 38.4. The minimum Gasteiger partial charge on any atom is -1.00 e. The number of halogens is 3. The summed E-state index contributed by atoms with van der Waals surface area (Å²) in [5.74, 6) is -0.303. The molecule has 2 atom stereocenters. The molecule has 3 N–H and O–H groups in total. The Balaban J connectivity index is 0.00000506. The summed E-state index contributed by atoms with van der Waals surface area (Å²) in [5.41, 5.74) is 1.76. The summed E-state index contributed by atoms with van der Waals surface area (Å²) in [6.07, 6.45) is 1.30. The number of carbonyl (C=O) groups is 3. The molecule has 0 aliphatic carbocycles. The predicted molar refractivity (Wildman–Crippen MR) is 172 cm³/mol. The number of anilines is 1. The first-order valence-corrected chi connectivity index (χ1v) is 15.2. The van der Waals surface area contributed by atoms with E-state index in [2.05, 4.69) is 61.4 Å². The third-order valence-corrected chi connectivity index (χ3v) is 7.35. The lowest BCUT2D eigenvalue weighted by Gasteiger charge is -2.21. The normalized spacial score (nSPS) is 11.9. The predicted octanol–water partition coefficient (Wildman–Crippen LogP) is 3.70. The third kappa shape index (κ3) is 10.1. The Labute approximate surface area is 278 Å². The number of benzene rings is 3. The van der Waals surface area contributed by atoms with Crippen molar-refractivity contribution >= 4 is 73.1 Å². The van der Waals surface area contributed by atoms with Crippen molar-refractivity contribution in [2.45, 2.75) is 39.1 Å². The van der Waals surface area contributed by atoms with Crippen molar-refractivity contribution in [2.75, 3.05) is 11.9 Å². The summed E-state index contributed by atoms with van der Waals surface area (Å²) in [6, 6.07) is 22.4. The highest BCUT2D eigenvalue weighted by molar-refractivity contribution is 14.1. The molecule has 3 amide bonds. The van der Waals surface area contributed by atoms with Gasteiger partial charge in [-0.2, -0.15) is 0 Å². The Bertz CT molecular complexity index is 1570. The minimum atomic E-state index is -0.991. The molecule has 2 unspecified atom stereocenters. The highest BCUT2D eigenvalue weighted by Gasteiger charge is 2.22. The van der Waals surface area contributed by atoms with Crippen LogP contribution in [-0.2, 0) is 16.0 Å². The zero-order chi connectivity index (χ0) is 30.1. The largest absolute Gasteiger partial charge is 1.00 e. The number of fused-ring (bicyclic) bond motifs is 1. The Morgan fingerprint density at radius 1 is 0.953 bits per heavy atom. The van der Waals surface area contributed by atoms with Crippen molar-refractivity contribution in [3.8, 4) is 0 Å². The average molecular weight is 782 g/mol. The molecule has 12 heteroatoms. The van der Waals surface area contributed by atoms with E-state index < -0.39 is 24.5 Å². The third-order valence-electron chi connectivity index (χ3n) is 6.20. The molecule has 0 aliphatic heterocycles. The average Bonchev–Trinajstić information content (AvgIpc) is 2.95. The molecule has 9 nitrogen and oxygen atoms in total. The van der Waals surface area contributed by atoms with Gasteiger partial charge in [0.05, 0.1) is 16.7 Å². The second-order valence-corrected chi connectivity index (χ2v) is 11.6. The molecule has 1 heterocycles. The molecule has 43 heavy (non-hydrogen) atoms. The minimum absolute atomic E-state index is 0. The van der Waals surface area contributed by atoms with Crippen LogP contribution in [0, 0.1) is 3.57 Å². The molecular weight excluding hydrogens is 751 g/mol. The van der Waals surface area contributed by atoms with Crippen LogP contribution < -0.4 is 32.9 Å². The fourth-order valence-corrected chi connectivity index (χ4v) is 5.16. The molecule has 0 saturated carbocycles. The van der Waals surface area contributed by atoms with Crippen molar-refractivity contribution in [1.82, 2.24) is 10.6 Å². The number of aromatic nitrogens is 1. The van der Waals surface area contributed by atoms with Crippen LogP contribution in [0.2, 0.25) is 0 Å². The summed E-state index contributed by atoms with van der Waals surface area (Å²) in [7, 11) is 0. The lowest BCUT2D eigenvalue weighted by atomic mass is 10.1. The number of ether oxygens (including phenoxy) is 2. The van der Waals surface area contributed by atoms with E-state index >= 15 is 0 Å². The van der Waals surface area contributed by atoms with Gasteiger partial charge in [0.2, 0.25) is 0 Å². The van der Waals surface area contributed by atoms with Gasteiger partial charge in [0.1, 0.15) is 18.2 Å². The Morgan fingerprint density at radius 3 is 2.42 bits per heavy atom.